The van der Waals surface area contributed by atoms with Gasteiger partial charge in [-0.1, -0.05) is 35.3 Å². The highest BCUT2D eigenvalue weighted by Crippen LogP contribution is 2.35. The lowest BCUT2D eigenvalue weighted by Crippen LogP contribution is -1.93. The van der Waals surface area contributed by atoms with Crippen molar-refractivity contribution in [2.45, 2.75) is 0 Å². The van der Waals surface area contributed by atoms with E-state index >= 15 is 0 Å². The van der Waals surface area contributed by atoms with Gasteiger partial charge >= 0.3 is 0 Å². The van der Waals surface area contributed by atoms with E-state index in [4.69, 9.17) is 27.9 Å². The van der Waals surface area contributed by atoms with Crippen LogP contribution in [-0.4, -0.2) is 15.7 Å². The summed E-state index contributed by atoms with van der Waals surface area (Å²) in [4.78, 5) is 15.5. The highest BCUT2D eigenvalue weighted by Gasteiger charge is 2.15. The first kappa shape index (κ1) is 13.0. The van der Waals surface area contributed by atoms with Crippen molar-refractivity contribution in [1.29, 1.82) is 0 Å². The third-order valence-corrected chi connectivity index (χ3v) is 3.57. The van der Waals surface area contributed by atoms with Gasteiger partial charge in [0.15, 0.2) is 12.0 Å². The molecule has 0 bridgehead atoms. The Hall–Kier alpha value is -2.04. The standard InChI is InChI=1S/C14H8Cl2N2O2/c15-9-4-3-5-11(13(9)16)20-14-10(8-19)18-7-2-1-6-12(18)17-14/h1-8H. The molecule has 0 radical (unpaired) electrons. The second-order valence-electron chi connectivity index (χ2n) is 4.00. The molecule has 0 saturated carbocycles. The van der Waals surface area contributed by atoms with Crippen LogP contribution in [-0.2, 0) is 0 Å². The van der Waals surface area contributed by atoms with E-state index in [0.717, 1.165) is 0 Å². The quantitative estimate of drug-likeness (QED) is 0.680. The fourth-order valence-corrected chi connectivity index (χ4v) is 2.17. The van der Waals surface area contributed by atoms with Gasteiger partial charge in [0, 0.05) is 6.20 Å². The van der Waals surface area contributed by atoms with Crippen LogP contribution in [0.1, 0.15) is 10.5 Å². The van der Waals surface area contributed by atoms with Crippen LogP contribution in [0.4, 0.5) is 0 Å². The van der Waals surface area contributed by atoms with Crippen LogP contribution in [0.5, 0.6) is 11.6 Å². The van der Waals surface area contributed by atoms with E-state index in [1.807, 2.05) is 6.07 Å². The van der Waals surface area contributed by atoms with Gasteiger partial charge < -0.3 is 4.74 Å². The number of carbonyl (C=O) groups excluding carboxylic acids is 1. The molecule has 0 aliphatic carbocycles. The normalized spacial score (nSPS) is 10.7. The minimum atomic E-state index is 0.190. The molecular formula is C14H8Cl2N2O2. The maximum atomic E-state index is 11.2. The van der Waals surface area contributed by atoms with Crippen molar-refractivity contribution in [3.8, 4) is 11.6 Å². The van der Waals surface area contributed by atoms with Gasteiger partial charge in [-0.05, 0) is 24.3 Å². The van der Waals surface area contributed by atoms with E-state index in [9.17, 15) is 4.79 Å². The molecule has 3 rings (SSSR count). The average molecular weight is 307 g/mol. The SMILES string of the molecule is O=Cc1c(Oc2cccc(Cl)c2Cl)nc2ccccn12. The molecule has 4 nitrogen and oxygen atoms in total. The number of imidazole rings is 1. The molecule has 6 heteroatoms. The molecule has 0 unspecified atom stereocenters. The highest BCUT2D eigenvalue weighted by atomic mass is 35.5. The van der Waals surface area contributed by atoms with Crippen LogP contribution in [0.25, 0.3) is 5.65 Å². The van der Waals surface area contributed by atoms with Crippen molar-refractivity contribution >= 4 is 35.1 Å². The summed E-state index contributed by atoms with van der Waals surface area (Å²) in [6, 6.07) is 10.4. The van der Waals surface area contributed by atoms with E-state index in [0.29, 0.717) is 28.4 Å². The minimum Gasteiger partial charge on any atom is -0.435 e. The Morgan fingerprint density at radius 2 is 2.00 bits per heavy atom. The Morgan fingerprint density at radius 1 is 1.15 bits per heavy atom. The van der Waals surface area contributed by atoms with E-state index in [-0.39, 0.29) is 10.9 Å². The number of halogens is 2. The number of nitrogens with zero attached hydrogens (tertiary/aromatic N) is 2. The van der Waals surface area contributed by atoms with Gasteiger partial charge in [0.2, 0.25) is 5.88 Å². The minimum absolute atomic E-state index is 0.190. The smallest absolute Gasteiger partial charge is 0.249 e. The number of aldehydes is 1. The topological polar surface area (TPSA) is 43.6 Å². The van der Waals surface area contributed by atoms with Gasteiger partial charge in [0.05, 0.1) is 5.02 Å². The van der Waals surface area contributed by atoms with Gasteiger partial charge in [0.25, 0.3) is 0 Å². The summed E-state index contributed by atoms with van der Waals surface area (Å²) in [5, 5.41) is 0.656. The Kier molecular flexibility index (Phi) is 3.34. The van der Waals surface area contributed by atoms with Crippen LogP contribution >= 0.6 is 23.2 Å². The average Bonchev–Trinajstić information content (AvgIpc) is 2.81. The number of benzene rings is 1. The lowest BCUT2D eigenvalue weighted by atomic mass is 10.3. The van der Waals surface area contributed by atoms with Crippen LogP contribution in [0.3, 0.4) is 0 Å². The maximum Gasteiger partial charge on any atom is 0.249 e. The van der Waals surface area contributed by atoms with E-state index in [1.165, 1.54) is 0 Å². The van der Waals surface area contributed by atoms with E-state index in [1.54, 1.807) is 40.9 Å². The van der Waals surface area contributed by atoms with Gasteiger partial charge in [0.1, 0.15) is 16.4 Å². The summed E-state index contributed by atoms with van der Waals surface area (Å²) < 4.78 is 7.26. The molecule has 2 aromatic heterocycles. The summed E-state index contributed by atoms with van der Waals surface area (Å²) in [6.07, 6.45) is 2.42. The Labute approximate surface area is 124 Å². The summed E-state index contributed by atoms with van der Waals surface area (Å²) >= 11 is 12.0. The number of carbonyl (C=O) groups is 1. The first-order chi connectivity index (χ1) is 9.70. The number of hydrogen-bond acceptors (Lipinski definition) is 3. The van der Waals surface area contributed by atoms with E-state index in [2.05, 4.69) is 4.98 Å². The molecular weight excluding hydrogens is 299 g/mol. The largest absolute Gasteiger partial charge is 0.435 e. The third-order valence-electron chi connectivity index (χ3n) is 2.77. The van der Waals surface area contributed by atoms with Crippen LogP contribution in [0.15, 0.2) is 42.6 Å². The molecule has 3 aromatic rings. The zero-order chi connectivity index (χ0) is 14.1. The summed E-state index contributed by atoms with van der Waals surface area (Å²) in [7, 11) is 0. The Morgan fingerprint density at radius 3 is 2.80 bits per heavy atom. The summed E-state index contributed by atoms with van der Waals surface area (Å²) in [5.41, 5.74) is 0.930. The summed E-state index contributed by atoms with van der Waals surface area (Å²) in [6.45, 7) is 0. The Bertz CT molecular complexity index is 799. The number of ether oxygens (including phenoxy) is 1. The molecule has 20 heavy (non-hydrogen) atoms. The van der Waals surface area contributed by atoms with Crippen molar-refractivity contribution in [3.63, 3.8) is 0 Å². The number of pyridine rings is 1. The molecule has 1 aromatic carbocycles. The lowest BCUT2D eigenvalue weighted by Gasteiger charge is -2.06. The van der Waals surface area contributed by atoms with E-state index < -0.39 is 0 Å². The predicted octanol–water partition coefficient (Wildman–Crippen LogP) is 4.25. The van der Waals surface area contributed by atoms with Crippen LogP contribution in [0.2, 0.25) is 10.0 Å². The first-order valence-electron chi connectivity index (χ1n) is 5.75. The Balaban J connectivity index is 2.11. The fourth-order valence-electron chi connectivity index (χ4n) is 1.84. The second-order valence-corrected chi connectivity index (χ2v) is 4.79. The molecule has 100 valence electrons. The van der Waals surface area contributed by atoms with Crippen molar-refractivity contribution in [1.82, 2.24) is 9.38 Å². The number of fused-ring (bicyclic) bond motifs is 1. The molecule has 0 aliphatic heterocycles. The van der Waals surface area contributed by atoms with Crippen molar-refractivity contribution in [2.24, 2.45) is 0 Å². The van der Waals surface area contributed by atoms with Crippen molar-refractivity contribution in [2.75, 3.05) is 0 Å². The third kappa shape index (κ3) is 2.13. The number of hydrogen-bond donors (Lipinski definition) is 0. The molecule has 0 spiro atoms. The number of rotatable bonds is 3. The lowest BCUT2D eigenvalue weighted by molar-refractivity contribution is 0.111. The van der Waals surface area contributed by atoms with Crippen LogP contribution in [0, 0.1) is 0 Å². The molecule has 0 fully saturated rings. The van der Waals surface area contributed by atoms with Gasteiger partial charge in [-0.2, -0.15) is 4.98 Å². The van der Waals surface area contributed by atoms with Gasteiger partial charge in [-0.15, -0.1) is 0 Å². The molecule has 0 aliphatic rings. The fraction of sp³-hybridized carbons (Fsp3) is 0. The molecule has 0 N–H and O–H groups in total. The maximum absolute atomic E-state index is 11.2. The molecule has 0 atom stereocenters. The van der Waals surface area contributed by atoms with Crippen molar-refractivity contribution < 1.29 is 9.53 Å². The number of aromatic nitrogens is 2. The van der Waals surface area contributed by atoms with Gasteiger partial charge in [-0.3, -0.25) is 9.20 Å². The van der Waals surface area contributed by atoms with Crippen LogP contribution < -0.4 is 4.74 Å². The zero-order valence-corrected chi connectivity index (χ0v) is 11.6. The monoisotopic (exact) mass is 306 g/mol. The summed E-state index contributed by atoms with van der Waals surface area (Å²) in [5.74, 6) is 0.543. The predicted molar refractivity (Wildman–Crippen MR) is 77.1 cm³/mol. The van der Waals surface area contributed by atoms with Gasteiger partial charge in [-0.25, -0.2) is 0 Å². The zero-order valence-electron chi connectivity index (χ0n) is 10.1. The molecule has 2 heterocycles. The highest BCUT2D eigenvalue weighted by molar-refractivity contribution is 6.42. The first-order valence-corrected chi connectivity index (χ1v) is 6.50. The molecule has 0 amide bonds. The second kappa shape index (κ2) is 5.15. The van der Waals surface area contributed by atoms with Crippen molar-refractivity contribution in [3.05, 3.63) is 58.3 Å². The molecule has 0 saturated heterocycles.